The minimum Gasteiger partial charge on any atom is -0.355 e. The van der Waals surface area contributed by atoms with Crippen LogP contribution >= 0.6 is 0 Å². The van der Waals surface area contributed by atoms with Crippen LogP contribution in [0, 0.1) is 11.8 Å². The fraction of sp³-hybridized carbons (Fsp3) is 0.440. The summed E-state index contributed by atoms with van der Waals surface area (Å²) in [4.78, 5) is 27.4. The fourth-order valence-electron chi connectivity index (χ4n) is 4.38. The SMILES string of the molecule is O=C(NCCc1ccccc1)[C@H]1CC[C@@H](c2cccc(C(F)(F)F)c2)N(C(=O)C2CC2)C1. The third kappa shape index (κ3) is 5.31. The van der Waals surface area contributed by atoms with Crippen LogP contribution < -0.4 is 5.32 Å². The highest BCUT2D eigenvalue weighted by atomic mass is 19.4. The van der Waals surface area contributed by atoms with Gasteiger partial charge in [0, 0.05) is 19.0 Å². The van der Waals surface area contributed by atoms with Gasteiger partial charge in [-0.2, -0.15) is 13.2 Å². The molecule has 0 bridgehead atoms. The second-order valence-corrected chi connectivity index (χ2v) is 8.70. The fourth-order valence-corrected chi connectivity index (χ4v) is 4.38. The molecular formula is C25H27F3N2O2. The van der Waals surface area contributed by atoms with E-state index in [9.17, 15) is 22.8 Å². The standard InChI is InChI=1S/C25H27F3N2O2/c26-25(27,28)21-8-4-7-19(15-21)22-12-11-20(16-30(22)24(32)18-9-10-18)23(31)29-14-13-17-5-2-1-3-6-17/h1-8,15,18,20,22H,9-14,16H2,(H,29,31)/t20-,22-/m0/s1. The van der Waals surface area contributed by atoms with Gasteiger partial charge in [0.25, 0.3) is 0 Å². The van der Waals surface area contributed by atoms with Gasteiger partial charge in [0.05, 0.1) is 17.5 Å². The number of amides is 2. The minimum absolute atomic E-state index is 0.0470. The minimum atomic E-state index is -4.43. The number of likely N-dealkylation sites (tertiary alicyclic amines) is 1. The van der Waals surface area contributed by atoms with Gasteiger partial charge in [0.15, 0.2) is 0 Å². The summed E-state index contributed by atoms with van der Waals surface area (Å²) >= 11 is 0. The first-order valence-corrected chi connectivity index (χ1v) is 11.1. The first-order valence-electron chi connectivity index (χ1n) is 11.1. The smallest absolute Gasteiger partial charge is 0.355 e. The highest BCUT2D eigenvalue weighted by Gasteiger charge is 2.41. The zero-order chi connectivity index (χ0) is 22.7. The Morgan fingerprint density at radius 3 is 2.34 bits per heavy atom. The monoisotopic (exact) mass is 444 g/mol. The summed E-state index contributed by atoms with van der Waals surface area (Å²) in [5.41, 5.74) is 0.901. The largest absolute Gasteiger partial charge is 0.416 e. The molecule has 0 spiro atoms. The number of rotatable bonds is 6. The zero-order valence-corrected chi connectivity index (χ0v) is 17.8. The predicted octanol–water partition coefficient (Wildman–Crippen LogP) is 4.75. The maximum absolute atomic E-state index is 13.2. The number of nitrogens with one attached hydrogen (secondary N) is 1. The Labute approximate surface area is 185 Å². The van der Waals surface area contributed by atoms with E-state index in [4.69, 9.17) is 0 Å². The Balaban J connectivity index is 1.44. The van der Waals surface area contributed by atoms with Gasteiger partial charge in [0.1, 0.15) is 0 Å². The number of nitrogens with zero attached hydrogens (tertiary/aromatic N) is 1. The maximum Gasteiger partial charge on any atom is 0.416 e. The molecule has 2 aliphatic rings. The molecule has 32 heavy (non-hydrogen) atoms. The molecule has 2 fully saturated rings. The summed E-state index contributed by atoms with van der Waals surface area (Å²) in [6, 6.07) is 14.6. The van der Waals surface area contributed by atoms with Crippen LogP contribution in [0.3, 0.4) is 0 Å². The molecule has 4 rings (SSSR count). The molecule has 1 aliphatic heterocycles. The van der Waals surface area contributed by atoms with Crippen LogP contribution in [-0.2, 0) is 22.2 Å². The average Bonchev–Trinajstić information content (AvgIpc) is 3.64. The summed E-state index contributed by atoms with van der Waals surface area (Å²) in [6.45, 7) is 0.750. The van der Waals surface area contributed by atoms with E-state index in [2.05, 4.69) is 5.32 Å². The van der Waals surface area contributed by atoms with E-state index < -0.39 is 17.8 Å². The molecule has 1 saturated carbocycles. The summed E-state index contributed by atoms with van der Waals surface area (Å²) in [5, 5.41) is 2.96. The van der Waals surface area contributed by atoms with Gasteiger partial charge in [-0.25, -0.2) is 0 Å². The first-order chi connectivity index (χ1) is 15.3. The number of piperidine rings is 1. The third-order valence-electron chi connectivity index (χ3n) is 6.32. The van der Waals surface area contributed by atoms with E-state index in [0.717, 1.165) is 37.0 Å². The van der Waals surface area contributed by atoms with Gasteiger partial charge in [-0.1, -0.05) is 42.5 Å². The lowest BCUT2D eigenvalue weighted by atomic mass is 9.87. The molecule has 0 aromatic heterocycles. The molecule has 170 valence electrons. The van der Waals surface area contributed by atoms with Crippen molar-refractivity contribution in [2.75, 3.05) is 13.1 Å². The van der Waals surface area contributed by atoms with Gasteiger partial charge in [0.2, 0.25) is 11.8 Å². The molecule has 1 heterocycles. The average molecular weight is 444 g/mol. The van der Waals surface area contributed by atoms with Crippen LogP contribution in [0.25, 0.3) is 0 Å². The van der Waals surface area contributed by atoms with Gasteiger partial charge in [-0.05, 0) is 55.4 Å². The molecule has 1 aliphatic carbocycles. The second-order valence-electron chi connectivity index (χ2n) is 8.70. The van der Waals surface area contributed by atoms with E-state index in [1.165, 1.54) is 6.07 Å². The highest BCUT2D eigenvalue weighted by molar-refractivity contribution is 5.84. The van der Waals surface area contributed by atoms with Crippen LogP contribution in [0.2, 0.25) is 0 Å². The van der Waals surface area contributed by atoms with E-state index in [0.29, 0.717) is 24.9 Å². The van der Waals surface area contributed by atoms with Gasteiger partial charge >= 0.3 is 6.18 Å². The lowest BCUT2D eigenvalue weighted by molar-refractivity contribution is -0.140. The number of carbonyl (C=O) groups is 2. The van der Waals surface area contributed by atoms with Crippen molar-refractivity contribution in [1.82, 2.24) is 10.2 Å². The van der Waals surface area contributed by atoms with E-state index in [1.807, 2.05) is 30.3 Å². The maximum atomic E-state index is 13.2. The van der Waals surface area contributed by atoms with E-state index in [-0.39, 0.29) is 30.2 Å². The number of carbonyl (C=O) groups excluding carboxylic acids is 2. The normalized spacial score (nSPS) is 21.3. The molecule has 1 saturated heterocycles. The van der Waals surface area contributed by atoms with Crippen molar-refractivity contribution in [3.8, 4) is 0 Å². The number of hydrogen-bond donors (Lipinski definition) is 1. The third-order valence-corrected chi connectivity index (χ3v) is 6.32. The van der Waals surface area contributed by atoms with Crippen LogP contribution in [0.5, 0.6) is 0 Å². The quantitative estimate of drug-likeness (QED) is 0.699. The Hall–Kier alpha value is -2.83. The summed E-state index contributed by atoms with van der Waals surface area (Å²) < 4.78 is 39.6. The Bertz CT molecular complexity index is 957. The number of benzene rings is 2. The highest BCUT2D eigenvalue weighted by Crippen LogP contribution is 2.40. The van der Waals surface area contributed by atoms with Crippen LogP contribution in [-0.4, -0.2) is 29.8 Å². The van der Waals surface area contributed by atoms with Gasteiger partial charge < -0.3 is 10.2 Å². The Kier molecular flexibility index (Phi) is 6.53. The van der Waals surface area contributed by atoms with Crippen molar-refractivity contribution < 1.29 is 22.8 Å². The molecule has 2 aromatic rings. The van der Waals surface area contributed by atoms with Crippen LogP contribution in [0.1, 0.15) is 48.4 Å². The number of hydrogen-bond acceptors (Lipinski definition) is 2. The second kappa shape index (κ2) is 9.35. The van der Waals surface area contributed by atoms with Crippen molar-refractivity contribution in [2.24, 2.45) is 11.8 Å². The van der Waals surface area contributed by atoms with Gasteiger partial charge in [-0.15, -0.1) is 0 Å². The molecular weight excluding hydrogens is 417 g/mol. The van der Waals surface area contributed by atoms with Gasteiger partial charge in [-0.3, -0.25) is 9.59 Å². The Morgan fingerprint density at radius 2 is 1.66 bits per heavy atom. The van der Waals surface area contributed by atoms with Crippen molar-refractivity contribution >= 4 is 11.8 Å². The van der Waals surface area contributed by atoms with Crippen LogP contribution in [0.4, 0.5) is 13.2 Å². The Morgan fingerprint density at radius 1 is 0.938 bits per heavy atom. The van der Waals surface area contributed by atoms with Crippen molar-refractivity contribution in [1.29, 1.82) is 0 Å². The molecule has 4 nitrogen and oxygen atoms in total. The van der Waals surface area contributed by atoms with Crippen molar-refractivity contribution in [2.45, 2.75) is 44.3 Å². The summed E-state index contributed by atoms with van der Waals surface area (Å²) in [5.74, 6) is -0.565. The van der Waals surface area contributed by atoms with Crippen molar-refractivity contribution in [3.05, 3.63) is 71.3 Å². The van der Waals surface area contributed by atoms with E-state index >= 15 is 0 Å². The topological polar surface area (TPSA) is 49.4 Å². The van der Waals surface area contributed by atoms with Crippen LogP contribution in [0.15, 0.2) is 54.6 Å². The molecule has 0 unspecified atom stereocenters. The lowest BCUT2D eigenvalue weighted by Crippen LogP contribution is -2.47. The number of alkyl halides is 3. The zero-order valence-electron chi connectivity index (χ0n) is 17.8. The van der Waals surface area contributed by atoms with Crippen molar-refractivity contribution in [3.63, 3.8) is 0 Å². The lowest BCUT2D eigenvalue weighted by Gasteiger charge is -2.40. The first kappa shape index (κ1) is 22.4. The summed E-state index contributed by atoms with van der Waals surface area (Å²) in [7, 11) is 0. The number of halogens is 3. The molecule has 2 aromatic carbocycles. The molecule has 2 amide bonds. The molecule has 1 N–H and O–H groups in total. The molecule has 0 radical (unpaired) electrons. The molecule has 7 heteroatoms. The summed E-state index contributed by atoms with van der Waals surface area (Å²) in [6.07, 6.45) is -1.10. The molecule has 2 atom stereocenters. The van der Waals surface area contributed by atoms with E-state index in [1.54, 1.807) is 11.0 Å². The predicted molar refractivity (Wildman–Crippen MR) is 115 cm³/mol.